The number of rotatable bonds is 0. The van der Waals surface area contributed by atoms with Crippen molar-refractivity contribution in [3.05, 3.63) is 0 Å². The predicted octanol–water partition coefficient (Wildman–Crippen LogP) is 0.654. The van der Waals surface area contributed by atoms with Crippen molar-refractivity contribution in [2.45, 2.75) is 45.5 Å². The maximum absolute atomic E-state index is 5.65. The van der Waals surface area contributed by atoms with Crippen LogP contribution in [0.4, 0.5) is 0 Å². The summed E-state index contributed by atoms with van der Waals surface area (Å²) in [6.45, 7) is 10.2. The van der Waals surface area contributed by atoms with Crippen LogP contribution in [0.5, 0.6) is 0 Å². The Kier molecular flexibility index (Phi) is 8.87. The van der Waals surface area contributed by atoms with Crippen LogP contribution in [-0.2, 0) is 21.2 Å². The van der Waals surface area contributed by atoms with Gasteiger partial charge >= 0.3 is 0 Å². The Morgan fingerprint density at radius 2 is 0.889 bits per heavy atom. The Bertz CT molecular complexity index is 168. The molecule has 2 saturated heterocycles. The third kappa shape index (κ3) is 7.96. The van der Waals surface area contributed by atoms with E-state index in [9.17, 15) is 0 Å². The molecule has 9 heteroatoms. The van der Waals surface area contributed by atoms with E-state index in [0.29, 0.717) is 0 Å². The van der Waals surface area contributed by atoms with E-state index in [1.54, 1.807) is 0 Å². The van der Waals surface area contributed by atoms with Crippen molar-refractivity contribution in [2.24, 2.45) is 0 Å². The molecule has 0 aromatic carbocycles. The van der Waals surface area contributed by atoms with Crippen LogP contribution in [-0.4, -0.2) is 50.3 Å². The molecule has 2 heterocycles. The Balaban J connectivity index is 0.000000225. The van der Waals surface area contributed by atoms with Gasteiger partial charge in [0.1, 0.15) is 0 Å². The van der Waals surface area contributed by atoms with E-state index in [1.807, 2.05) is 26.2 Å². The van der Waals surface area contributed by atoms with Crippen LogP contribution >= 0.6 is 0 Å². The van der Waals surface area contributed by atoms with Gasteiger partial charge in [-0.05, 0) is 45.5 Å². The van der Waals surface area contributed by atoms with E-state index in [4.69, 9.17) is 21.2 Å². The van der Waals surface area contributed by atoms with Gasteiger partial charge in [0.25, 0.3) is 37.1 Å². The van der Waals surface area contributed by atoms with Crippen LogP contribution in [0.15, 0.2) is 0 Å². The van der Waals surface area contributed by atoms with Crippen molar-refractivity contribution in [3.8, 4) is 0 Å². The van der Waals surface area contributed by atoms with E-state index in [2.05, 4.69) is 0 Å². The zero-order valence-electron chi connectivity index (χ0n) is 11.9. The number of ether oxygens (including phenoxy) is 1. The maximum atomic E-state index is 5.65. The lowest BCUT2D eigenvalue weighted by molar-refractivity contribution is 0.0968. The van der Waals surface area contributed by atoms with E-state index < -0.39 is 37.1 Å². The molecule has 0 aliphatic carbocycles. The summed E-state index contributed by atoms with van der Waals surface area (Å²) in [4.78, 5) is 0. The minimum Gasteiger partial charge on any atom is -0.420 e. The molecule has 0 atom stereocenters. The molecule has 0 saturated carbocycles. The highest BCUT2D eigenvalue weighted by Gasteiger charge is 2.25. The summed E-state index contributed by atoms with van der Waals surface area (Å²) in [5, 5.41) is 0. The summed E-state index contributed by atoms with van der Waals surface area (Å²) >= 11 is 0. The molecule has 0 bridgehead atoms. The van der Waals surface area contributed by atoms with Crippen molar-refractivity contribution >= 4 is 37.1 Å². The molecule has 0 aromatic heterocycles. The minimum absolute atomic E-state index is 1.00. The fourth-order valence-electron chi connectivity index (χ4n) is 1.89. The molecule has 18 heavy (non-hydrogen) atoms. The van der Waals surface area contributed by atoms with Crippen LogP contribution in [0.2, 0.25) is 26.2 Å². The van der Waals surface area contributed by atoms with E-state index in [1.165, 1.54) is 19.3 Å². The van der Waals surface area contributed by atoms with Gasteiger partial charge in [0.2, 0.25) is 0 Å². The Labute approximate surface area is 117 Å². The number of hydrogen-bond acceptors (Lipinski definition) is 5. The number of hydrogen-bond donors (Lipinski definition) is 0. The first-order valence-corrected chi connectivity index (χ1v) is 15.2. The molecule has 2 aliphatic rings. The largest absolute Gasteiger partial charge is 0.420 e. The highest BCUT2D eigenvalue weighted by Crippen LogP contribution is 2.06. The first-order valence-electron chi connectivity index (χ1n) is 6.77. The lowest BCUT2D eigenvalue weighted by atomic mass is 10.2. The third-order valence-electron chi connectivity index (χ3n) is 2.61. The molecule has 0 radical (unpaired) electrons. The molecule has 0 aromatic rings. The van der Waals surface area contributed by atoms with Gasteiger partial charge in [0.15, 0.2) is 0 Å². The molecule has 0 amide bonds. The predicted molar refractivity (Wildman–Crippen MR) is 81.1 cm³/mol. The lowest BCUT2D eigenvalue weighted by Crippen LogP contribution is -2.44. The minimum atomic E-state index is -1.42. The highest BCUT2D eigenvalue weighted by molar-refractivity contribution is 6.72. The average molecular weight is 327 g/mol. The Morgan fingerprint density at radius 1 is 0.556 bits per heavy atom. The van der Waals surface area contributed by atoms with Crippen molar-refractivity contribution in [3.63, 3.8) is 0 Å². The lowest BCUT2D eigenvalue weighted by Gasteiger charge is -2.28. The normalized spacial score (nSPS) is 38.0. The van der Waals surface area contributed by atoms with Crippen LogP contribution in [0, 0.1) is 0 Å². The summed E-state index contributed by atoms with van der Waals surface area (Å²) in [6.07, 6.45) is 3.93. The maximum Gasteiger partial charge on any atom is 0.300 e. The van der Waals surface area contributed by atoms with Crippen molar-refractivity contribution in [1.82, 2.24) is 0 Å². The van der Waals surface area contributed by atoms with Crippen molar-refractivity contribution in [1.29, 1.82) is 0 Å². The molecule has 2 aliphatic heterocycles. The molecule has 0 spiro atoms. The second kappa shape index (κ2) is 9.55. The summed E-state index contributed by atoms with van der Waals surface area (Å²) in [7, 11) is -5.66. The molecular weight excluding hydrogens is 300 g/mol. The van der Waals surface area contributed by atoms with Gasteiger partial charge in [-0.25, -0.2) is 0 Å². The zero-order chi connectivity index (χ0) is 13.4. The Hall–Kier alpha value is 0.668. The molecule has 108 valence electrons. The summed E-state index contributed by atoms with van der Waals surface area (Å²) in [6, 6.07) is 0. The summed E-state index contributed by atoms with van der Waals surface area (Å²) in [5.41, 5.74) is 0. The van der Waals surface area contributed by atoms with Crippen LogP contribution in [0.1, 0.15) is 19.3 Å². The quantitative estimate of drug-likeness (QED) is 0.612. The second-order valence-corrected chi connectivity index (χ2v) is 13.4. The second-order valence-electron chi connectivity index (χ2n) is 4.49. The van der Waals surface area contributed by atoms with Gasteiger partial charge < -0.3 is 21.2 Å². The average Bonchev–Trinajstić information content (AvgIpc) is 2.29. The van der Waals surface area contributed by atoms with Gasteiger partial charge in [0, 0.05) is 13.2 Å². The van der Waals surface area contributed by atoms with Gasteiger partial charge in [0.05, 0.1) is 0 Å². The zero-order valence-corrected chi connectivity index (χ0v) is 16.5. The molecule has 2 rings (SSSR count). The van der Waals surface area contributed by atoms with E-state index in [-0.39, 0.29) is 0 Å². The molecule has 2 fully saturated rings. The summed E-state index contributed by atoms with van der Waals surface area (Å²) < 4.78 is 27.7. The van der Waals surface area contributed by atoms with Crippen LogP contribution < -0.4 is 0 Å². The van der Waals surface area contributed by atoms with Gasteiger partial charge in [-0.15, -0.1) is 0 Å². The smallest absolute Gasteiger partial charge is 0.300 e. The first-order chi connectivity index (χ1) is 8.58. The molecular formula is C9H26O5Si4. The van der Waals surface area contributed by atoms with E-state index in [0.717, 1.165) is 13.2 Å². The Morgan fingerprint density at radius 3 is 1.06 bits per heavy atom. The fourth-order valence-corrected chi connectivity index (χ4v) is 13.9. The van der Waals surface area contributed by atoms with Crippen LogP contribution in [0.25, 0.3) is 0 Å². The molecule has 5 nitrogen and oxygen atoms in total. The van der Waals surface area contributed by atoms with Crippen molar-refractivity contribution < 1.29 is 21.2 Å². The third-order valence-corrected chi connectivity index (χ3v) is 14.9. The van der Waals surface area contributed by atoms with Gasteiger partial charge in [-0.2, -0.15) is 0 Å². The van der Waals surface area contributed by atoms with Crippen molar-refractivity contribution in [2.75, 3.05) is 13.2 Å². The highest BCUT2D eigenvalue weighted by atomic mass is 28.5. The fraction of sp³-hybridized carbons (Fsp3) is 1.00. The van der Waals surface area contributed by atoms with Crippen LogP contribution in [0.3, 0.4) is 0 Å². The first kappa shape index (κ1) is 16.7. The SMILES string of the molecule is C1CCOCC1.C[SiH]1O[SiH](C)O[SiH](C)O[SiH](C)O1. The van der Waals surface area contributed by atoms with E-state index >= 15 is 0 Å². The van der Waals surface area contributed by atoms with Gasteiger partial charge in [-0.3, -0.25) is 0 Å². The monoisotopic (exact) mass is 326 g/mol. The van der Waals surface area contributed by atoms with Gasteiger partial charge in [-0.1, -0.05) is 0 Å². The molecule has 0 unspecified atom stereocenters. The summed E-state index contributed by atoms with van der Waals surface area (Å²) in [5.74, 6) is 0. The molecule has 0 N–H and O–H groups in total. The topological polar surface area (TPSA) is 46.2 Å². The standard InChI is InChI=1S/C5H10O.C4H16O4Si4/c1-2-4-6-5-3-1;1-9-5-10(2)7-12(4)8-11(3)6-9/h1-5H2;9-12H,1-4H3.